The zero-order chi connectivity index (χ0) is 5.86. The summed E-state index contributed by atoms with van der Waals surface area (Å²) in [6, 6.07) is 0. The van der Waals surface area contributed by atoms with E-state index in [0.29, 0.717) is 0 Å². The predicted molar refractivity (Wildman–Crippen MR) is 28.1 cm³/mol. The second-order valence-electron chi connectivity index (χ2n) is 1.30. The molecule has 0 aliphatic carbocycles. The molecule has 0 saturated heterocycles. The lowest BCUT2D eigenvalue weighted by molar-refractivity contribution is 0.441. The van der Waals surface area contributed by atoms with Crippen LogP contribution in [-0.2, 0) is 0 Å². The van der Waals surface area contributed by atoms with Gasteiger partial charge in [-0.2, -0.15) is 0 Å². The van der Waals surface area contributed by atoms with Crippen LogP contribution >= 0.6 is 8.58 Å². The molecular formula is C4H8F2P. The molecule has 1 radical (unpaired) electrons. The third-order valence-corrected chi connectivity index (χ3v) is 1.23. The smallest absolute Gasteiger partial charge is 0.123 e. The SMILES string of the molecule is CC(F)[P]C(C)F. The topological polar surface area (TPSA) is 0 Å². The van der Waals surface area contributed by atoms with Crippen LogP contribution in [-0.4, -0.2) is 11.8 Å². The van der Waals surface area contributed by atoms with Crippen molar-refractivity contribution >= 4 is 8.58 Å². The Hall–Kier alpha value is 0.290. The van der Waals surface area contributed by atoms with Gasteiger partial charge in [0, 0.05) is 0 Å². The molecule has 2 atom stereocenters. The second kappa shape index (κ2) is 3.31. The van der Waals surface area contributed by atoms with Gasteiger partial charge in [-0.25, -0.2) is 8.78 Å². The summed E-state index contributed by atoms with van der Waals surface area (Å²) >= 11 is 0. The van der Waals surface area contributed by atoms with Crippen LogP contribution in [0.25, 0.3) is 0 Å². The molecule has 0 aliphatic heterocycles. The van der Waals surface area contributed by atoms with Gasteiger partial charge >= 0.3 is 0 Å². The molecule has 0 N–H and O–H groups in total. The molecule has 7 heavy (non-hydrogen) atoms. The molecule has 0 aromatic rings. The maximum atomic E-state index is 11.7. The van der Waals surface area contributed by atoms with E-state index in [-0.39, 0.29) is 8.58 Å². The molecule has 0 aromatic carbocycles. The Morgan fingerprint density at radius 2 is 1.43 bits per heavy atom. The molecular weight excluding hydrogens is 117 g/mol. The monoisotopic (exact) mass is 125 g/mol. The molecule has 0 nitrogen and oxygen atoms in total. The summed E-state index contributed by atoms with van der Waals surface area (Å²) in [4.78, 5) is 0. The lowest BCUT2D eigenvalue weighted by atomic mass is 10.9. The fourth-order valence-corrected chi connectivity index (χ4v) is 0.849. The van der Waals surface area contributed by atoms with E-state index in [0.717, 1.165) is 0 Å². The molecule has 0 aliphatic rings. The lowest BCUT2D eigenvalue weighted by Crippen LogP contribution is -1.87. The fourth-order valence-electron chi connectivity index (χ4n) is 0.283. The quantitative estimate of drug-likeness (QED) is 0.497. The average Bonchev–Trinajstić information content (AvgIpc) is 1.27. The van der Waals surface area contributed by atoms with Crippen molar-refractivity contribution in [3.8, 4) is 0 Å². The first-order chi connectivity index (χ1) is 3.13. The molecule has 0 bridgehead atoms. The zero-order valence-corrected chi connectivity index (χ0v) is 5.25. The first kappa shape index (κ1) is 7.29. The molecule has 43 valence electrons. The van der Waals surface area contributed by atoms with E-state index in [1.165, 1.54) is 13.8 Å². The minimum absolute atomic E-state index is 0.244. The number of alkyl halides is 2. The average molecular weight is 125 g/mol. The van der Waals surface area contributed by atoms with Crippen LogP contribution in [0.1, 0.15) is 13.8 Å². The Morgan fingerprint density at radius 1 is 1.14 bits per heavy atom. The van der Waals surface area contributed by atoms with Crippen LogP contribution in [0.4, 0.5) is 8.78 Å². The molecule has 0 rings (SSSR count). The zero-order valence-electron chi connectivity index (χ0n) is 4.36. The highest BCUT2D eigenvalue weighted by atomic mass is 31.1. The largest absolute Gasteiger partial charge is 0.242 e. The van der Waals surface area contributed by atoms with Gasteiger partial charge in [-0.05, 0) is 22.4 Å². The Morgan fingerprint density at radius 3 is 1.43 bits per heavy atom. The first-order valence-corrected chi connectivity index (χ1v) is 3.14. The van der Waals surface area contributed by atoms with Crippen LogP contribution in [0.2, 0.25) is 0 Å². The maximum Gasteiger partial charge on any atom is 0.123 e. The van der Waals surface area contributed by atoms with Crippen LogP contribution < -0.4 is 0 Å². The summed E-state index contributed by atoms with van der Waals surface area (Å²) in [6.45, 7) is 2.69. The molecule has 0 saturated carbocycles. The van der Waals surface area contributed by atoms with E-state index in [4.69, 9.17) is 0 Å². The van der Waals surface area contributed by atoms with Crippen molar-refractivity contribution in [2.24, 2.45) is 0 Å². The summed E-state index contributed by atoms with van der Waals surface area (Å²) in [5.74, 6) is -2.06. The van der Waals surface area contributed by atoms with E-state index >= 15 is 0 Å². The van der Waals surface area contributed by atoms with Crippen molar-refractivity contribution < 1.29 is 8.78 Å². The predicted octanol–water partition coefficient (Wildman–Crippen LogP) is 2.56. The minimum atomic E-state index is -1.03. The first-order valence-electron chi connectivity index (χ1n) is 2.11. The van der Waals surface area contributed by atoms with Crippen molar-refractivity contribution in [2.75, 3.05) is 0 Å². The molecule has 0 heterocycles. The number of rotatable bonds is 2. The van der Waals surface area contributed by atoms with E-state index in [2.05, 4.69) is 0 Å². The standard InChI is InChI=1S/C4H8F2P/c1-3(5)7-4(2)6/h3-4H,1-2H3. The molecule has 0 fully saturated rings. The van der Waals surface area contributed by atoms with Gasteiger partial charge in [0.05, 0.1) is 0 Å². The third kappa shape index (κ3) is 6.29. The summed E-state index contributed by atoms with van der Waals surface area (Å²) in [6.07, 6.45) is 0. The molecule has 2 unspecified atom stereocenters. The number of hydrogen-bond acceptors (Lipinski definition) is 0. The van der Waals surface area contributed by atoms with Crippen LogP contribution in [0.15, 0.2) is 0 Å². The highest BCUT2D eigenvalue weighted by Crippen LogP contribution is 2.26. The minimum Gasteiger partial charge on any atom is -0.242 e. The van der Waals surface area contributed by atoms with Crippen LogP contribution in [0.5, 0.6) is 0 Å². The van der Waals surface area contributed by atoms with Gasteiger partial charge in [-0.1, -0.05) is 0 Å². The van der Waals surface area contributed by atoms with Crippen molar-refractivity contribution in [2.45, 2.75) is 25.7 Å². The van der Waals surface area contributed by atoms with Gasteiger partial charge in [0.1, 0.15) is 11.8 Å². The van der Waals surface area contributed by atoms with Crippen molar-refractivity contribution in [3.63, 3.8) is 0 Å². The Labute approximate surface area is 44.1 Å². The second-order valence-corrected chi connectivity index (χ2v) is 3.02. The van der Waals surface area contributed by atoms with Gasteiger partial charge in [0.25, 0.3) is 0 Å². The summed E-state index contributed by atoms with van der Waals surface area (Å²) < 4.78 is 23.4. The highest BCUT2D eigenvalue weighted by Gasteiger charge is 2.03. The fraction of sp³-hybridized carbons (Fsp3) is 1.00. The normalized spacial score (nSPS) is 20.6. The Balaban J connectivity index is 2.95. The van der Waals surface area contributed by atoms with Gasteiger partial charge in [-0.15, -0.1) is 0 Å². The Kier molecular flexibility index (Phi) is 3.45. The summed E-state index contributed by atoms with van der Waals surface area (Å²) in [5.41, 5.74) is 0. The van der Waals surface area contributed by atoms with Crippen molar-refractivity contribution in [3.05, 3.63) is 0 Å². The van der Waals surface area contributed by atoms with E-state index in [1.54, 1.807) is 0 Å². The van der Waals surface area contributed by atoms with Crippen molar-refractivity contribution in [1.29, 1.82) is 0 Å². The maximum absolute atomic E-state index is 11.7. The third-order valence-electron chi connectivity index (χ3n) is 0.411. The van der Waals surface area contributed by atoms with Crippen molar-refractivity contribution in [1.82, 2.24) is 0 Å². The van der Waals surface area contributed by atoms with Gasteiger partial charge < -0.3 is 0 Å². The van der Waals surface area contributed by atoms with E-state index in [9.17, 15) is 8.78 Å². The van der Waals surface area contributed by atoms with Crippen LogP contribution in [0.3, 0.4) is 0 Å². The Bertz CT molecular complexity index is 39.0. The molecule has 3 heteroatoms. The van der Waals surface area contributed by atoms with Gasteiger partial charge in [-0.3, -0.25) is 0 Å². The molecule has 0 spiro atoms. The van der Waals surface area contributed by atoms with Gasteiger partial charge in [0.15, 0.2) is 0 Å². The summed E-state index contributed by atoms with van der Waals surface area (Å²) in [5, 5.41) is 0. The van der Waals surface area contributed by atoms with Gasteiger partial charge in [0.2, 0.25) is 0 Å². The van der Waals surface area contributed by atoms with Crippen LogP contribution in [0, 0.1) is 0 Å². The molecule has 0 aromatic heterocycles. The highest BCUT2D eigenvalue weighted by molar-refractivity contribution is 7.39. The summed E-state index contributed by atoms with van der Waals surface area (Å²) in [7, 11) is 0.244. The number of halogens is 2. The van der Waals surface area contributed by atoms with E-state index in [1.807, 2.05) is 0 Å². The van der Waals surface area contributed by atoms with E-state index < -0.39 is 11.8 Å². The molecule has 0 amide bonds. The lowest BCUT2D eigenvalue weighted by Gasteiger charge is -1.98. The number of hydrogen-bond donors (Lipinski definition) is 0.